The number of aliphatic imine (C=N–C) groups is 1. The van der Waals surface area contributed by atoms with Gasteiger partial charge in [-0.1, -0.05) is 34.1 Å². The standard InChI is InChI=1S/C28H41BN2O7S/c1-16-8-7-9-28(6)22(38-28)11-20(17(2)10-19-14-39-23(31-19)13-30-15-29-36)37-24(33)12-21(32)27(4,5)26(35)18(3)25(16)34/h10,14-16,18,20-22,25,32,34H,7-9,11-13H2,1-6H3/b17-10+,30-15?/t16-,18+,20?,21?,22?,25?,28?/m0/s1. The molecule has 0 spiro atoms. The molecule has 2 N–H and O–H groups in total. The van der Waals surface area contributed by atoms with Crippen molar-refractivity contribution in [1.82, 2.24) is 4.98 Å². The van der Waals surface area contributed by atoms with Crippen LogP contribution in [0.25, 0.3) is 6.08 Å². The number of esters is 1. The summed E-state index contributed by atoms with van der Waals surface area (Å²) in [4.78, 5) is 34.8. The van der Waals surface area contributed by atoms with Crippen LogP contribution in [0, 0.1) is 17.3 Å². The molecule has 3 rings (SSSR count). The first-order valence-corrected chi connectivity index (χ1v) is 14.5. The number of fused-ring (bicyclic) bond motifs is 1. The van der Waals surface area contributed by atoms with Crippen LogP contribution in [-0.4, -0.2) is 70.2 Å². The van der Waals surface area contributed by atoms with E-state index in [1.54, 1.807) is 20.8 Å². The molecule has 0 saturated carbocycles. The molecule has 0 amide bonds. The number of ether oxygens (including phenoxy) is 2. The van der Waals surface area contributed by atoms with Crippen molar-refractivity contribution in [2.75, 3.05) is 0 Å². The fraction of sp³-hybridized carbons (Fsp3) is 0.714. The first-order valence-electron chi connectivity index (χ1n) is 13.6. The quantitative estimate of drug-likeness (QED) is 0.240. The van der Waals surface area contributed by atoms with Crippen molar-refractivity contribution in [2.24, 2.45) is 22.2 Å². The van der Waals surface area contributed by atoms with Gasteiger partial charge in [0.15, 0.2) is 0 Å². The van der Waals surface area contributed by atoms with Crippen LogP contribution >= 0.6 is 11.3 Å². The third kappa shape index (κ3) is 7.99. The number of epoxide rings is 1. The summed E-state index contributed by atoms with van der Waals surface area (Å²) >= 11 is 1.42. The molecule has 0 radical (unpaired) electrons. The molecule has 2 saturated heterocycles. The second-order valence-electron chi connectivity index (χ2n) is 11.8. The van der Waals surface area contributed by atoms with Crippen LogP contribution in [0.5, 0.6) is 0 Å². The summed E-state index contributed by atoms with van der Waals surface area (Å²) in [6.45, 7) is 11.1. The van der Waals surface area contributed by atoms with E-state index in [1.165, 1.54) is 17.5 Å². The number of nitrogens with zero attached hydrogens (tertiary/aromatic N) is 2. The monoisotopic (exact) mass is 560 g/mol. The molecule has 0 aliphatic carbocycles. The van der Waals surface area contributed by atoms with Crippen molar-refractivity contribution >= 4 is 42.4 Å². The number of carbonyl (C=O) groups is 2. The van der Waals surface area contributed by atoms with E-state index in [-0.39, 0.29) is 29.8 Å². The van der Waals surface area contributed by atoms with Gasteiger partial charge in [-0.15, -0.1) is 0 Å². The molecule has 1 aromatic rings. The van der Waals surface area contributed by atoms with Crippen LogP contribution in [-0.2, 0) is 30.3 Å². The van der Waals surface area contributed by atoms with E-state index in [2.05, 4.69) is 9.98 Å². The molecule has 3 heterocycles. The van der Waals surface area contributed by atoms with Crippen molar-refractivity contribution in [3.05, 3.63) is 21.7 Å². The number of hydrogen-bond acceptors (Lipinski definition) is 10. The van der Waals surface area contributed by atoms with E-state index in [1.807, 2.05) is 32.2 Å². The minimum absolute atomic E-state index is 0.0966. The first kappa shape index (κ1) is 31.5. The molecule has 0 aromatic carbocycles. The summed E-state index contributed by atoms with van der Waals surface area (Å²) in [5, 5.41) is 24.4. The van der Waals surface area contributed by atoms with Crippen molar-refractivity contribution in [3.8, 4) is 0 Å². The molecule has 7 atom stereocenters. The van der Waals surface area contributed by atoms with Gasteiger partial charge < -0.3 is 10.2 Å². The Morgan fingerprint density at radius 2 is 2.00 bits per heavy atom. The third-order valence-electron chi connectivity index (χ3n) is 8.25. The second-order valence-corrected chi connectivity index (χ2v) is 12.7. The van der Waals surface area contributed by atoms with E-state index in [0.29, 0.717) is 25.8 Å². The van der Waals surface area contributed by atoms with E-state index < -0.39 is 35.6 Å². The molecule has 1 aromatic heterocycles. The van der Waals surface area contributed by atoms with Gasteiger partial charge >= 0.3 is 131 Å². The topological polar surface area (TPSA) is 139 Å². The molecular formula is C28H41BN2O7S. The van der Waals surface area contributed by atoms with Crippen LogP contribution in [0.1, 0.15) is 84.3 Å². The summed E-state index contributed by atoms with van der Waals surface area (Å²) in [6.07, 6.45) is 2.72. The Labute approximate surface area is 235 Å². The number of ketones is 1. The molecule has 0 bridgehead atoms. The predicted molar refractivity (Wildman–Crippen MR) is 150 cm³/mol. The molecule has 2 fully saturated rings. The number of hydrogen-bond donors (Lipinski definition) is 2. The number of rotatable bonds is 5. The Balaban J connectivity index is 1.83. The van der Waals surface area contributed by atoms with Gasteiger partial charge in [-0.3, -0.25) is 4.79 Å². The molecule has 9 nitrogen and oxygen atoms in total. The number of aliphatic hydroxyl groups excluding tert-OH is 2. The van der Waals surface area contributed by atoms with Gasteiger partial charge in [0.05, 0.1) is 17.6 Å². The summed E-state index contributed by atoms with van der Waals surface area (Å²) in [5.74, 6) is -1.67. The van der Waals surface area contributed by atoms with Gasteiger partial charge in [0.1, 0.15) is 5.78 Å². The summed E-state index contributed by atoms with van der Waals surface area (Å²) in [5.41, 5.74) is -0.103. The number of aromatic nitrogens is 1. The predicted octanol–water partition coefficient (Wildman–Crippen LogP) is 3.75. The van der Waals surface area contributed by atoms with Gasteiger partial charge in [0.2, 0.25) is 0 Å². The van der Waals surface area contributed by atoms with Crippen molar-refractivity contribution in [2.45, 2.75) is 110 Å². The van der Waals surface area contributed by atoms with Crippen molar-refractivity contribution < 1.29 is 34.0 Å². The Morgan fingerprint density at radius 3 is 2.69 bits per heavy atom. The van der Waals surface area contributed by atoms with Gasteiger partial charge in [-0.05, 0) is 25.7 Å². The number of thiazole rings is 1. The maximum absolute atomic E-state index is 13.3. The van der Waals surface area contributed by atoms with E-state index in [4.69, 9.17) is 9.47 Å². The molecule has 5 unspecified atom stereocenters. The van der Waals surface area contributed by atoms with E-state index >= 15 is 0 Å². The van der Waals surface area contributed by atoms with Crippen LogP contribution < -0.4 is 0 Å². The fourth-order valence-corrected chi connectivity index (χ4v) is 5.94. The Bertz CT molecular complexity index is 1100. The number of Topliss-reactive ketones (excluding diaryl/α,β-unsaturated/α-hetero) is 1. The number of carbonyl (C=O) groups excluding carboxylic acids is 2. The molecule has 11 heteroatoms. The number of aliphatic hydroxyl groups is 2. The van der Waals surface area contributed by atoms with E-state index in [9.17, 15) is 24.5 Å². The van der Waals surface area contributed by atoms with Crippen LogP contribution in [0.2, 0.25) is 0 Å². The van der Waals surface area contributed by atoms with Crippen molar-refractivity contribution in [3.63, 3.8) is 0 Å². The van der Waals surface area contributed by atoms with Crippen LogP contribution in [0.15, 0.2) is 15.9 Å². The number of cyclic esters (lactones) is 1. The summed E-state index contributed by atoms with van der Waals surface area (Å²) in [7, 11) is 0.621. The SMILES string of the molecule is C/C(=C\c1csc(CN=CB=O)n1)C1CC2OC2(C)CCC[C@H](C)C(O)[C@@H](C)C(=O)C(C)(C)C(O)CC(=O)O1. The van der Waals surface area contributed by atoms with Gasteiger partial charge in [-0.25, -0.2) is 0 Å². The molecule has 39 heavy (non-hydrogen) atoms. The van der Waals surface area contributed by atoms with Crippen LogP contribution in [0.4, 0.5) is 0 Å². The fourth-order valence-electron chi connectivity index (χ4n) is 5.26. The first-order chi connectivity index (χ1) is 18.3. The van der Waals surface area contributed by atoms with Gasteiger partial charge in [0.25, 0.3) is 0 Å². The summed E-state index contributed by atoms with van der Waals surface area (Å²) < 4.78 is 22.4. The molecular weight excluding hydrogens is 519 g/mol. The normalized spacial score (nSPS) is 34.8. The van der Waals surface area contributed by atoms with Crippen molar-refractivity contribution in [1.29, 1.82) is 0 Å². The van der Waals surface area contributed by atoms with Crippen LogP contribution in [0.3, 0.4) is 0 Å². The zero-order chi connectivity index (χ0) is 29.0. The summed E-state index contributed by atoms with van der Waals surface area (Å²) in [6, 6.07) is 0. The van der Waals surface area contributed by atoms with Gasteiger partial charge in [0, 0.05) is 5.92 Å². The average Bonchev–Trinajstić information content (AvgIpc) is 3.28. The maximum atomic E-state index is 13.3. The zero-order valence-corrected chi connectivity index (χ0v) is 24.6. The second kappa shape index (κ2) is 13.1. The third-order valence-corrected chi connectivity index (χ3v) is 9.10. The molecule has 214 valence electrons. The molecule has 2 aliphatic heterocycles. The Kier molecular flexibility index (Phi) is 10.5. The van der Waals surface area contributed by atoms with Gasteiger partial charge in [-0.2, -0.15) is 0 Å². The minimum atomic E-state index is -1.27. The average molecular weight is 561 g/mol. The Morgan fingerprint density at radius 1 is 1.28 bits per heavy atom. The van der Waals surface area contributed by atoms with E-state index in [0.717, 1.165) is 29.8 Å². The molecule has 2 aliphatic rings. The Hall–Kier alpha value is -2.08. The zero-order valence-electron chi connectivity index (χ0n) is 23.8.